The molecule has 0 aromatic rings. The third-order valence-electron chi connectivity index (χ3n) is 5.45. The lowest BCUT2D eigenvalue weighted by Gasteiger charge is -2.31. The van der Waals surface area contributed by atoms with Crippen molar-refractivity contribution in [1.29, 1.82) is 0 Å². The maximum Gasteiger partial charge on any atom is 0.309 e. The fourth-order valence-corrected chi connectivity index (χ4v) is 3.34. The summed E-state index contributed by atoms with van der Waals surface area (Å²) in [5, 5.41) is 2.69. The van der Waals surface area contributed by atoms with Gasteiger partial charge in [0.15, 0.2) is 0 Å². The van der Waals surface area contributed by atoms with E-state index in [0.29, 0.717) is 0 Å². The van der Waals surface area contributed by atoms with Gasteiger partial charge in [-0.25, -0.2) is 0 Å². The Morgan fingerprint density at radius 3 is 1.42 bits per heavy atom. The number of hydrogen-bond donors (Lipinski definition) is 1. The van der Waals surface area contributed by atoms with Gasteiger partial charge in [0.25, 0.3) is 0 Å². The van der Waals surface area contributed by atoms with Crippen LogP contribution in [0.15, 0.2) is 72.9 Å². The van der Waals surface area contributed by atoms with Crippen molar-refractivity contribution in [3.05, 3.63) is 72.9 Å². The third kappa shape index (κ3) is 37.1. The van der Waals surface area contributed by atoms with E-state index in [4.69, 9.17) is 9.47 Å². The van der Waals surface area contributed by atoms with Gasteiger partial charge >= 0.3 is 5.97 Å². The van der Waals surface area contributed by atoms with Gasteiger partial charge in [0.05, 0.1) is 13.0 Å². The molecule has 0 fully saturated rings. The summed E-state index contributed by atoms with van der Waals surface area (Å²) in [4.78, 5) is 35.5. The minimum absolute atomic E-state index is 0.00172. The SMILES string of the molecule is CC.CC.CC/C=C\C/C=C\C/C=C\C/C=C\C/C=C\C/C=C\CC(=O)OCC(C)(C)[C@@H](OC)C(=O)NCCC(C)=O.CCC. The minimum atomic E-state index is -0.798. The van der Waals surface area contributed by atoms with E-state index in [9.17, 15) is 14.4 Å². The van der Waals surface area contributed by atoms with Crippen LogP contribution in [0, 0.1) is 5.41 Å². The number of carbonyl (C=O) groups excluding carboxylic acids is 3. The molecular weight excluding hydrogens is 562 g/mol. The molecule has 260 valence electrons. The largest absolute Gasteiger partial charge is 0.465 e. The zero-order valence-electron chi connectivity index (χ0n) is 30.8. The van der Waals surface area contributed by atoms with E-state index >= 15 is 0 Å². The second-order valence-electron chi connectivity index (χ2n) is 10.3. The van der Waals surface area contributed by atoms with Crippen molar-refractivity contribution in [3.8, 4) is 0 Å². The molecule has 0 aliphatic heterocycles. The predicted molar refractivity (Wildman–Crippen MR) is 195 cm³/mol. The molecule has 0 saturated heterocycles. The van der Waals surface area contributed by atoms with Crippen molar-refractivity contribution in [2.24, 2.45) is 5.41 Å². The second kappa shape index (κ2) is 39.0. The van der Waals surface area contributed by atoms with Gasteiger partial charge in [-0.15, -0.1) is 0 Å². The van der Waals surface area contributed by atoms with Crippen LogP contribution in [0.2, 0.25) is 0 Å². The Kier molecular flexibility index (Phi) is 42.4. The zero-order chi connectivity index (χ0) is 35.2. The standard InChI is InChI=1S/C32H49NO5.C3H8.2C2H6/c1-6-7-8-9-10-11-12-13-14-15-16-17-18-19-20-21-22-23-24-29(35)38-27-32(3,4)30(37-5)31(36)33-26-25-28(2)34;1-3-2;2*1-2/h7-8,10-11,13-14,16-17,19-20,22-23,30H,6,9,12,15,18,21,24-27H2,1-5H3,(H,33,36);3H2,1-2H3;2*1-2H3/b8-7-,11-10-,14-13-,17-16-,20-19-,23-22-;;;/t30-;;;/m0.../s1. The number of ketones is 1. The first kappa shape index (κ1) is 48.9. The van der Waals surface area contributed by atoms with Crippen LogP contribution in [-0.4, -0.2) is 44.0 Å². The predicted octanol–water partition coefficient (Wildman–Crippen LogP) is 10.2. The number of esters is 1. The summed E-state index contributed by atoms with van der Waals surface area (Å²) in [6, 6.07) is 0. The smallest absolute Gasteiger partial charge is 0.309 e. The van der Waals surface area contributed by atoms with Crippen LogP contribution in [0.4, 0.5) is 0 Å². The van der Waals surface area contributed by atoms with E-state index in [1.807, 2.05) is 33.8 Å². The topological polar surface area (TPSA) is 81.7 Å². The van der Waals surface area contributed by atoms with E-state index in [1.165, 1.54) is 20.5 Å². The molecule has 0 bridgehead atoms. The Bertz CT molecular complexity index is 863. The molecule has 0 heterocycles. The van der Waals surface area contributed by atoms with E-state index in [2.05, 4.69) is 86.8 Å². The van der Waals surface area contributed by atoms with Gasteiger partial charge < -0.3 is 14.8 Å². The number of allylic oxidation sites excluding steroid dienone is 11. The first-order valence-corrected chi connectivity index (χ1v) is 17.0. The lowest BCUT2D eigenvalue weighted by Crippen LogP contribution is -2.47. The molecule has 1 N–H and O–H groups in total. The maximum atomic E-state index is 12.4. The number of rotatable bonds is 21. The van der Waals surface area contributed by atoms with Crippen LogP contribution in [0.3, 0.4) is 0 Å². The van der Waals surface area contributed by atoms with Gasteiger partial charge in [0, 0.05) is 25.5 Å². The van der Waals surface area contributed by atoms with Crippen molar-refractivity contribution < 1.29 is 23.9 Å². The van der Waals surface area contributed by atoms with Gasteiger partial charge in [0.1, 0.15) is 11.9 Å². The molecule has 0 spiro atoms. The van der Waals surface area contributed by atoms with Gasteiger partial charge in [0.2, 0.25) is 5.91 Å². The van der Waals surface area contributed by atoms with Gasteiger partial charge in [-0.1, -0.05) is 142 Å². The summed E-state index contributed by atoms with van der Waals surface area (Å²) in [7, 11) is 1.44. The molecule has 1 atom stereocenters. The highest BCUT2D eigenvalue weighted by Crippen LogP contribution is 2.24. The molecule has 0 aliphatic carbocycles. The summed E-state index contributed by atoms with van der Waals surface area (Å²) in [5.41, 5.74) is -0.719. The van der Waals surface area contributed by atoms with E-state index in [0.717, 1.165) is 38.5 Å². The Hall–Kier alpha value is -2.99. The fraction of sp³-hybridized carbons (Fsp3) is 0.615. The molecule has 6 heteroatoms. The average molecular weight is 632 g/mol. The first-order chi connectivity index (χ1) is 21.7. The van der Waals surface area contributed by atoms with Crippen molar-refractivity contribution in [2.45, 2.75) is 133 Å². The van der Waals surface area contributed by atoms with Crippen molar-refractivity contribution in [3.63, 3.8) is 0 Å². The molecule has 45 heavy (non-hydrogen) atoms. The Morgan fingerprint density at radius 2 is 1.07 bits per heavy atom. The normalized spacial score (nSPS) is 12.2. The number of methoxy groups -OCH3 is 1. The molecule has 0 aromatic carbocycles. The van der Waals surface area contributed by atoms with Crippen LogP contribution in [-0.2, 0) is 23.9 Å². The van der Waals surface area contributed by atoms with E-state index < -0.39 is 11.5 Å². The Balaban J connectivity index is -0.00000110. The van der Waals surface area contributed by atoms with Gasteiger partial charge in [-0.2, -0.15) is 0 Å². The van der Waals surface area contributed by atoms with Crippen LogP contribution < -0.4 is 5.32 Å². The van der Waals surface area contributed by atoms with Crippen LogP contribution in [0.25, 0.3) is 0 Å². The highest BCUT2D eigenvalue weighted by Gasteiger charge is 2.36. The number of ether oxygens (including phenoxy) is 2. The summed E-state index contributed by atoms with van der Waals surface area (Å²) >= 11 is 0. The summed E-state index contributed by atoms with van der Waals surface area (Å²) in [6.07, 6.45) is 31.8. The maximum absolute atomic E-state index is 12.4. The minimum Gasteiger partial charge on any atom is -0.465 e. The lowest BCUT2D eigenvalue weighted by atomic mass is 9.86. The molecule has 0 rings (SSSR count). The Morgan fingerprint density at radius 1 is 0.689 bits per heavy atom. The lowest BCUT2D eigenvalue weighted by molar-refractivity contribution is -0.154. The second-order valence-corrected chi connectivity index (χ2v) is 10.3. The summed E-state index contributed by atoms with van der Waals surface area (Å²) in [6.45, 7) is 19.8. The molecule has 0 radical (unpaired) electrons. The zero-order valence-corrected chi connectivity index (χ0v) is 30.8. The molecule has 0 saturated carbocycles. The molecule has 0 aliphatic rings. The van der Waals surface area contributed by atoms with Crippen molar-refractivity contribution in [2.75, 3.05) is 20.3 Å². The quantitative estimate of drug-likeness (QED) is 0.101. The van der Waals surface area contributed by atoms with Crippen LogP contribution in [0.1, 0.15) is 127 Å². The third-order valence-corrected chi connectivity index (χ3v) is 5.45. The number of Topliss-reactive ketones (excluding diaryl/α,β-unsaturated/α-hetero) is 1. The number of nitrogens with one attached hydrogen (secondary N) is 1. The van der Waals surface area contributed by atoms with Crippen molar-refractivity contribution >= 4 is 17.7 Å². The molecule has 6 nitrogen and oxygen atoms in total. The van der Waals surface area contributed by atoms with Crippen molar-refractivity contribution in [1.82, 2.24) is 5.32 Å². The number of hydrogen-bond acceptors (Lipinski definition) is 5. The summed E-state index contributed by atoms with van der Waals surface area (Å²) < 4.78 is 10.7. The van der Waals surface area contributed by atoms with Crippen LogP contribution in [0.5, 0.6) is 0 Å². The highest BCUT2D eigenvalue weighted by molar-refractivity contribution is 5.82. The average Bonchev–Trinajstić information content (AvgIpc) is 3.02. The molecular formula is C39H69NO5. The van der Waals surface area contributed by atoms with E-state index in [-0.39, 0.29) is 43.7 Å². The number of amides is 1. The Labute approximate surface area is 278 Å². The molecule has 0 aromatic heterocycles. The molecule has 1 amide bonds. The molecule has 0 unspecified atom stereocenters. The van der Waals surface area contributed by atoms with Gasteiger partial charge in [-0.05, 0) is 45.4 Å². The fourth-order valence-electron chi connectivity index (χ4n) is 3.34. The number of carbonyl (C=O) groups is 3. The summed E-state index contributed by atoms with van der Waals surface area (Å²) in [5.74, 6) is -0.682. The van der Waals surface area contributed by atoms with Crippen LogP contribution >= 0.6 is 0 Å². The monoisotopic (exact) mass is 632 g/mol. The highest BCUT2D eigenvalue weighted by atomic mass is 16.5. The van der Waals surface area contributed by atoms with E-state index in [1.54, 1.807) is 19.9 Å². The first-order valence-electron chi connectivity index (χ1n) is 17.0. The van der Waals surface area contributed by atoms with Gasteiger partial charge in [-0.3, -0.25) is 14.4 Å².